The molecule has 0 saturated heterocycles. The summed E-state index contributed by atoms with van der Waals surface area (Å²) in [7, 11) is 0. The van der Waals surface area contributed by atoms with Gasteiger partial charge < -0.3 is 14.9 Å². The molecule has 0 spiro atoms. The molecule has 0 radical (unpaired) electrons. The third-order valence-corrected chi connectivity index (χ3v) is 1.37. The third-order valence-electron chi connectivity index (χ3n) is 1.37. The SMILES string of the molecule is CC(C)(C)Oc1ccc(O)c(O)c1. The summed E-state index contributed by atoms with van der Waals surface area (Å²) < 4.78 is 5.47. The molecule has 0 saturated carbocycles. The Balaban J connectivity index is 2.86. The Labute approximate surface area is 77.6 Å². The highest BCUT2D eigenvalue weighted by Gasteiger charge is 2.12. The Morgan fingerprint density at radius 1 is 1.08 bits per heavy atom. The average Bonchev–Trinajstić information content (AvgIpc) is 1.94. The van der Waals surface area contributed by atoms with Gasteiger partial charge in [-0.3, -0.25) is 0 Å². The summed E-state index contributed by atoms with van der Waals surface area (Å²) in [5.74, 6) is 0.241. The standard InChI is InChI=1S/C10H14O3/c1-10(2,3)13-7-4-5-8(11)9(12)6-7/h4-6,11-12H,1-3H3. The van der Waals surface area contributed by atoms with Crippen LogP contribution in [0, 0.1) is 0 Å². The van der Waals surface area contributed by atoms with Crippen LogP contribution in [-0.4, -0.2) is 15.8 Å². The summed E-state index contributed by atoms with van der Waals surface area (Å²) in [6, 6.07) is 4.40. The van der Waals surface area contributed by atoms with Crippen LogP contribution >= 0.6 is 0 Å². The monoisotopic (exact) mass is 182 g/mol. The van der Waals surface area contributed by atoms with Gasteiger partial charge >= 0.3 is 0 Å². The van der Waals surface area contributed by atoms with Crippen LogP contribution in [0.3, 0.4) is 0 Å². The van der Waals surface area contributed by atoms with E-state index in [1.54, 1.807) is 6.07 Å². The highest BCUT2D eigenvalue weighted by molar-refractivity contribution is 5.43. The Bertz CT molecular complexity index is 300. The van der Waals surface area contributed by atoms with Crippen molar-refractivity contribution in [3.63, 3.8) is 0 Å². The van der Waals surface area contributed by atoms with Crippen LogP contribution in [-0.2, 0) is 0 Å². The van der Waals surface area contributed by atoms with E-state index < -0.39 is 0 Å². The van der Waals surface area contributed by atoms with Crippen LogP contribution in [0.1, 0.15) is 20.8 Å². The Hall–Kier alpha value is -1.38. The number of rotatable bonds is 1. The van der Waals surface area contributed by atoms with Gasteiger partial charge in [0.05, 0.1) is 0 Å². The summed E-state index contributed by atoms with van der Waals surface area (Å²) in [6.07, 6.45) is 0. The molecule has 0 bridgehead atoms. The summed E-state index contributed by atoms with van der Waals surface area (Å²) in [4.78, 5) is 0. The number of hydrogen-bond donors (Lipinski definition) is 2. The van der Waals surface area contributed by atoms with Crippen molar-refractivity contribution in [2.24, 2.45) is 0 Å². The van der Waals surface area contributed by atoms with Gasteiger partial charge in [0.2, 0.25) is 0 Å². The van der Waals surface area contributed by atoms with E-state index in [-0.39, 0.29) is 17.1 Å². The van der Waals surface area contributed by atoms with Gasteiger partial charge in [0, 0.05) is 6.07 Å². The molecule has 0 aliphatic heterocycles. The van der Waals surface area contributed by atoms with Crippen molar-refractivity contribution in [2.45, 2.75) is 26.4 Å². The van der Waals surface area contributed by atoms with E-state index >= 15 is 0 Å². The zero-order valence-corrected chi connectivity index (χ0v) is 8.03. The van der Waals surface area contributed by atoms with Crippen LogP contribution in [0.4, 0.5) is 0 Å². The van der Waals surface area contributed by atoms with E-state index in [4.69, 9.17) is 14.9 Å². The third kappa shape index (κ3) is 2.86. The number of phenols is 2. The molecule has 0 aromatic heterocycles. The average molecular weight is 182 g/mol. The highest BCUT2D eigenvalue weighted by atomic mass is 16.5. The van der Waals surface area contributed by atoms with Crippen molar-refractivity contribution >= 4 is 0 Å². The van der Waals surface area contributed by atoms with Gasteiger partial charge in [-0.15, -0.1) is 0 Å². The molecule has 0 fully saturated rings. The summed E-state index contributed by atoms with van der Waals surface area (Å²) >= 11 is 0. The molecule has 0 unspecified atom stereocenters. The van der Waals surface area contributed by atoms with Crippen molar-refractivity contribution in [3.05, 3.63) is 18.2 Å². The molecule has 3 nitrogen and oxygen atoms in total. The molecule has 0 aliphatic rings. The first-order chi connectivity index (χ1) is 5.88. The molecule has 13 heavy (non-hydrogen) atoms. The lowest BCUT2D eigenvalue weighted by atomic mass is 10.2. The van der Waals surface area contributed by atoms with Crippen molar-refractivity contribution in [1.29, 1.82) is 0 Å². The van der Waals surface area contributed by atoms with E-state index in [0.717, 1.165) is 0 Å². The quantitative estimate of drug-likeness (QED) is 0.655. The summed E-state index contributed by atoms with van der Waals surface area (Å²) in [5, 5.41) is 18.2. The van der Waals surface area contributed by atoms with E-state index in [0.29, 0.717) is 5.75 Å². The highest BCUT2D eigenvalue weighted by Crippen LogP contribution is 2.30. The first-order valence-electron chi connectivity index (χ1n) is 4.09. The maximum Gasteiger partial charge on any atom is 0.161 e. The smallest absolute Gasteiger partial charge is 0.161 e. The molecule has 0 aliphatic carbocycles. The lowest BCUT2D eigenvalue weighted by Gasteiger charge is -2.21. The fraction of sp³-hybridized carbons (Fsp3) is 0.400. The normalized spacial score (nSPS) is 11.3. The number of ether oxygens (including phenoxy) is 1. The molecular formula is C10H14O3. The van der Waals surface area contributed by atoms with Gasteiger partial charge in [0.15, 0.2) is 11.5 Å². The van der Waals surface area contributed by atoms with E-state index in [9.17, 15) is 0 Å². The molecule has 3 heteroatoms. The van der Waals surface area contributed by atoms with Gasteiger partial charge in [0.1, 0.15) is 11.4 Å². The molecule has 1 aromatic rings. The van der Waals surface area contributed by atoms with Gasteiger partial charge in [-0.2, -0.15) is 0 Å². The summed E-state index contributed by atoms with van der Waals surface area (Å²) in [6.45, 7) is 5.74. The second kappa shape index (κ2) is 3.17. The van der Waals surface area contributed by atoms with E-state index in [1.165, 1.54) is 12.1 Å². The van der Waals surface area contributed by atoms with Crippen molar-refractivity contribution in [2.75, 3.05) is 0 Å². The molecule has 0 amide bonds. The van der Waals surface area contributed by atoms with Crippen LogP contribution in [0.25, 0.3) is 0 Å². The van der Waals surface area contributed by atoms with Crippen LogP contribution in [0.15, 0.2) is 18.2 Å². The molecular weight excluding hydrogens is 168 g/mol. The van der Waals surface area contributed by atoms with E-state index in [2.05, 4.69) is 0 Å². The maximum atomic E-state index is 9.17. The summed E-state index contributed by atoms with van der Waals surface area (Å²) in [5.41, 5.74) is -0.302. The van der Waals surface area contributed by atoms with Gasteiger partial charge in [-0.25, -0.2) is 0 Å². The first-order valence-corrected chi connectivity index (χ1v) is 4.09. The molecule has 0 atom stereocenters. The van der Waals surface area contributed by atoms with Crippen LogP contribution < -0.4 is 4.74 Å². The molecule has 72 valence electrons. The van der Waals surface area contributed by atoms with Crippen molar-refractivity contribution in [3.8, 4) is 17.2 Å². The maximum absolute atomic E-state index is 9.17. The Morgan fingerprint density at radius 2 is 1.69 bits per heavy atom. The van der Waals surface area contributed by atoms with Crippen LogP contribution in [0.2, 0.25) is 0 Å². The number of benzene rings is 1. The molecule has 2 N–H and O–H groups in total. The Morgan fingerprint density at radius 3 is 2.15 bits per heavy atom. The van der Waals surface area contributed by atoms with Crippen LogP contribution in [0.5, 0.6) is 17.2 Å². The minimum atomic E-state index is -0.302. The number of aromatic hydroxyl groups is 2. The number of phenolic OH excluding ortho intramolecular Hbond substituents is 2. The number of hydrogen-bond acceptors (Lipinski definition) is 3. The second-order valence-corrected chi connectivity index (χ2v) is 3.86. The van der Waals surface area contributed by atoms with Gasteiger partial charge in [-0.1, -0.05) is 0 Å². The fourth-order valence-electron chi connectivity index (χ4n) is 0.920. The van der Waals surface area contributed by atoms with E-state index in [1.807, 2.05) is 20.8 Å². The lowest BCUT2D eigenvalue weighted by molar-refractivity contribution is 0.130. The zero-order valence-electron chi connectivity index (χ0n) is 8.03. The minimum Gasteiger partial charge on any atom is -0.504 e. The molecule has 0 heterocycles. The zero-order chi connectivity index (χ0) is 10.1. The minimum absolute atomic E-state index is 0.138. The lowest BCUT2D eigenvalue weighted by Crippen LogP contribution is -2.22. The van der Waals surface area contributed by atoms with Gasteiger partial charge in [-0.05, 0) is 32.9 Å². The largest absolute Gasteiger partial charge is 0.504 e. The molecule has 1 rings (SSSR count). The van der Waals surface area contributed by atoms with Gasteiger partial charge in [0.25, 0.3) is 0 Å². The second-order valence-electron chi connectivity index (χ2n) is 3.86. The first kappa shape index (κ1) is 9.71. The molecule has 1 aromatic carbocycles. The predicted molar refractivity (Wildman–Crippen MR) is 50.2 cm³/mol. The topological polar surface area (TPSA) is 49.7 Å². The van der Waals surface area contributed by atoms with Crippen molar-refractivity contribution < 1.29 is 14.9 Å². The predicted octanol–water partition coefficient (Wildman–Crippen LogP) is 2.28. The fourth-order valence-corrected chi connectivity index (χ4v) is 0.920. The van der Waals surface area contributed by atoms with Crippen molar-refractivity contribution in [1.82, 2.24) is 0 Å². The Kier molecular flexibility index (Phi) is 2.36.